The normalized spacial score (nSPS) is 12.4. The Labute approximate surface area is 99.8 Å². The molecule has 2 rings (SSSR count). The van der Waals surface area contributed by atoms with E-state index in [2.05, 4.69) is 5.16 Å². The van der Waals surface area contributed by atoms with Crippen molar-refractivity contribution in [3.8, 4) is 5.75 Å². The molecule has 0 bridgehead atoms. The molecular formula is C13H15NO3. The van der Waals surface area contributed by atoms with E-state index < -0.39 is 6.10 Å². The van der Waals surface area contributed by atoms with Crippen LogP contribution in [0.15, 0.2) is 34.9 Å². The third-order valence-electron chi connectivity index (χ3n) is 2.42. The van der Waals surface area contributed by atoms with Crippen molar-refractivity contribution in [1.82, 2.24) is 5.16 Å². The molecule has 0 aliphatic rings. The Morgan fingerprint density at radius 2 is 2.06 bits per heavy atom. The maximum absolute atomic E-state index is 9.36. The first kappa shape index (κ1) is 11.7. The summed E-state index contributed by atoms with van der Waals surface area (Å²) in [5.74, 6) is 1.44. The van der Waals surface area contributed by atoms with E-state index in [0.717, 1.165) is 17.0 Å². The van der Waals surface area contributed by atoms with Gasteiger partial charge in [-0.05, 0) is 31.5 Å². The van der Waals surface area contributed by atoms with Crippen LogP contribution < -0.4 is 4.74 Å². The molecule has 0 saturated carbocycles. The standard InChI is InChI=1S/C13H15NO3/c1-9-7-13(17-14-9)8-16-12-5-3-11(4-6-12)10(2)15/h3-7,10,15H,8H2,1-2H3. The van der Waals surface area contributed by atoms with Crippen LogP contribution in [0.5, 0.6) is 5.75 Å². The van der Waals surface area contributed by atoms with Crippen molar-refractivity contribution in [2.75, 3.05) is 0 Å². The van der Waals surface area contributed by atoms with E-state index in [-0.39, 0.29) is 0 Å². The van der Waals surface area contributed by atoms with Gasteiger partial charge in [-0.1, -0.05) is 17.3 Å². The van der Waals surface area contributed by atoms with Gasteiger partial charge in [0.25, 0.3) is 0 Å². The third kappa shape index (κ3) is 3.07. The Balaban J connectivity index is 1.95. The highest BCUT2D eigenvalue weighted by molar-refractivity contribution is 5.28. The Bertz CT molecular complexity index is 474. The minimum absolute atomic E-state index is 0.356. The second-order valence-corrected chi connectivity index (χ2v) is 3.97. The average Bonchev–Trinajstić information content (AvgIpc) is 2.73. The number of aliphatic hydroxyl groups excluding tert-OH is 1. The maximum atomic E-state index is 9.36. The van der Waals surface area contributed by atoms with Gasteiger partial charge in [-0.15, -0.1) is 0 Å². The molecule has 1 aromatic carbocycles. The number of aromatic nitrogens is 1. The molecule has 1 aromatic heterocycles. The van der Waals surface area contributed by atoms with Crippen molar-refractivity contribution in [2.24, 2.45) is 0 Å². The van der Waals surface area contributed by atoms with Crippen LogP contribution in [0.2, 0.25) is 0 Å². The Kier molecular flexibility index (Phi) is 3.44. The fourth-order valence-electron chi connectivity index (χ4n) is 1.48. The summed E-state index contributed by atoms with van der Waals surface area (Å²) in [6.45, 7) is 3.95. The largest absolute Gasteiger partial charge is 0.486 e. The molecule has 0 spiro atoms. The molecule has 0 radical (unpaired) electrons. The molecule has 17 heavy (non-hydrogen) atoms. The molecule has 1 N–H and O–H groups in total. The lowest BCUT2D eigenvalue weighted by molar-refractivity contribution is 0.199. The Hall–Kier alpha value is -1.81. The summed E-state index contributed by atoms with van der Waals surface area (Å²) < 4.78 is 10.6. The predicted octanol–water partition coefficient (Wildman–Crippen LogP) is 2.62. The zero-order valence-electron chi connectivity index (χ0n) is 9.88. The molecule has 4 heteroatoms. The number of aryl methyl sites for hydroxylation is 1. The van der Waals surface area contributed by atoms with E-state index in [4.69, 9.17) is 9.26 Å². The predicted molar refractivity (Wildman–Crippen MR) is 62.6 cm³/mol. The molecule has 1 unspecified atom stereocenters. The van der Waals surface area contributed by atoms with Crippen molar-refractivity contribution in [1.29, 1.82) is 0 Å². The Morgan fingerprint density at radius 3 is 2.59 bits per heavy atom. The van der Waals surface area contributed by atoms with E-state index in [1.807, 2.05) is 37.3 Å². The van der Waals surface area contributed by atoms with Crippen LogP contribution in [0.25, 0.3) is 0 Å². The number of benzene rings is 1. The molecule has 0 fully saturated rings. The lowest BCUT2D eigenvalue weighted by Gasteiger charge is -2.07. The van der Waals surface area contributed by atoms with Gasteiger partial charge >= 0.3 is 0 Å². The summed E-state index contributed by atoms with van der Waals surface area (Å²) in [5.41, 5.74) is 1.71. The minimum atomic E-state index is -0.457. The van der Waals surface area contributed by atoms with Gasteiger partial charge in [0.1, 0.15) is 12.4 Å². The van der Waals surface area contributed by atoms with Gasteiger partial charge in [-0.25, -0.2) is 0 Å². The number of nitrogens with zero attached hydrogens (tertiary/aromatic N) is 1. The fourth-order valence-corrected chi connectivity index (χ4v) is 1.48. The molecule has 0 aliphatic carbocycles. The topological polar surface area (TPSA) is 55.5 Å². The molecular weight excluding hydrogens is 218 g/mol. The zero-order chi connectivity index (χ0) is 12.3. The molecule has 1 atom stereocenters. The van der Waals surface area contributed by atoms with Gasteiger partial charge in [0, 0.05) is 6.07 Å². The highest BCUT2D eigenvalue weighted by Crippen LogP contribution is 2.18. The third-order valence-corrected chi connectivity index (χ3v) is 2.42. The van der Waals surface area contributed by atoms with Crippen LogP contribution in [-0.2, 0) is 6.61 Å². The highest BCUT2D eigenvalue weighted by atomic mass is 16.5. The molecule has 0 amide bonds. The SMILES string of the molecule is Cc1cc(COc2ccc(C(C)O)cc2)on1. The quantitative estimate of drug-likeness (QED) is 0.881. The highest BCUT2D eigenvalue weighted by Gasteiger charge is 2.03. The summed E-state index contributed by atoms with van der Waals surface area (Å²) >= 11 is 0. The number of aliphatic hydroxyl groups is 1. The summed E-state index contributed by atoms with van der Waals surface area (Å²) in [5, 5.41) is 13.1. The first-order valence-electron chi connectivity index (χ1n) is 5.48. The van der Waals surface area contributed by atoms with Crippen molar-refractivity contribution in [2.45, 2.75) is 26.6 Å². The van der Waals surface area contributed by atoms with Crippen molar-refractivity contribution < 1.29 is 14.4 Å². The first-order valence-corrected chi connectivity index (χ1v) is 5.48. The van der Waals surface area contributed by atoms with Gasteiger partial charge in [0.15, 0.2) is 5.76 Å². The fraction of sp³-hybridized carbons (Fsp3) is 0.308. The van der Waals surface area contributed by atoms with Crippen molar-refractivity contribution >= 4 is 0 Å². The second kappa shape index (κ2) is 5.01. The summed E-state index contributed by atoms with van der Waals surface area (Å²) in [6.07, 6.45) is -0.457. The first-order chi connectivity index (χ1) is 8.15. The molecule has 4 nitrogen and oxygen atoms in total. The smallest absolute Gasteiger partial charge is 0.174 e. The monoisotopic (exact) mass is 233 g/mol. The van der Waals surface area contributed by atoms with Crippen molar-refractivity contribution in [3.05, 3.63) is 47.3 Å². The van der Waals surface area contributed by atoms with Crippen LogP contribution in [0.3, 0.4) is 0 Å². The minimum Gasteiger partial charge on any atom is -0.486 e. The van der Waals surface area contributed by atoms with Crippen molar-refractivity contribution in [3.63, 3.8) is 0 Å². The van der Waals surface area contributed by atoms with Crippen LogP contribution in [0.1, 0.15) is 30.0 Å². The van der Waals surface area contributed by atoms with E-state index in [1.165, 1.54) is 0 Å². The maximum Gasteiger partial charge on any atom is 0.174 e. The number of ether oxygens (including phenoxy) is 1. The Morgan fingerprint density at radius 1 is 1.35 bits per heavy atom. The van der Waals surface area contributed by atoms with E-state index in [9.17, 15) is 5.11 Å². The average molecular weight is 233 g/mol. The van der Waals surface area contributed by atoms with Gasteiger partial charge in [-0.3, -0.25) is 0 Å². The molecule has 1 heterocycles. The van der Waals surface area contributed by atoms with Gasteiger partial charge in [-0.2, -0.15) is 0 Å². The lowest BCUT2D eigenvalue weighted by atomic mass is 10.1. The molecule has 2 aromatic rings. The summed E-state index contributed by atoms with van der Waals surface area (Å²) in [4.78, 5) is 0. The van der Waals surface area contributed by atoms with Crippen LogP contribution >= 0.6 is 0 Å². The number of hydrogen-bond acceptors (Lipinski definition) is 4. The van der Waals surface area contributed by atoms with E-state index in [1.54, 1.807) is 6.92 Å². The van der Waals surface area contributed by atoms with Crippen LogP contribution in [0.4, 0.5) is 0 Å². The molecule has 0 aliphatic heterocycles. The number of hydrogen-bond donors (Lipinski definition) is 1. The van der Waals surface area contributed by atoms with Crippen LogP contribution in [0, 0.1) is 6.92 Å². The summed E-state index contributed by atoms with van der Waals surface area (Å²) in [6, 6.07) is 9.16. The summed E-state index contributed by atoms with van der Waals surface area (Å²) in [7, 11) is 0. The van der Waals surface area contributed by atoms with E-state index >= 15 is 0 Å². The van der Waals surface area contributed by atoms with Gasteiger partial charge in [0.05, 0.1) is 11.8 Å². The molecule has 0 saturated heterocycles. The number of rotatable bonds is 4. The van der Waals surface area contributed by atoms with E-state index in [0.29, 0.717) is 12.4 Å². The second-order valence-electron chi connectivity index (χ2n) is 3.97. The molecule has 90 valence electrons. The van der Waals surface area contributed by atoms with Gasteiger partial charge < -0.3 is 14.4 Å². The lowest BCUT2D eigenvalue weighted by Crippen LogP contribution is -1.95. The van der Waals surface area contributed by atoms with Crippen LogP contribution in [-0.4, -0.2) is 10.3 Å². The van der Waals surface area contributed by atoms with Gasteiger partial charge in [0.2, 0.25) is 0 Å². The zero-order valence-corrected chi connectivity index (χ0v) is 9.88.